The summed E-state index contributed by atoms with van der Waals surface area (Å²) in [5.41, 5.74) is 1.12. The van der Waals surface area contributed by atoms with Crippen molar-refractivity contribution in [2.75, 3.05) is 6.54 Å². The third kappa shape index (κ3) is 2.48. The van der Waals surface area contributed by atoms with Crippen LogP contribution in [-0.4, -0.2) is 32.5 Å². The van der Waals surface area contributed by atoms with Gasteiger partial charge in [0.1, 0.15) is 5.82 Å². The first-order chi connectivity index (χ1) is 9.88. The molecule has 21 heavy (non-hydrogen) atoms. The summed E-state index contributed by atoms with van der Waals surface area (Å²) >= 11 is 1.77. The normalized spacial score (nSPS) is 18.7. The highest BCUT2D eigenvalue weighted by Crippen LogP contribution is 2.33. The van der Waals surface area contributed by atoms with Gasteiger partial charge < -0.3 is 4.90 Å². The summed E-state index contributed by atoms with van der Waals surface area (Å²) in [5.74, 6) is 0.920. The molecular formula is C15H20N4OS. The zero-order valence-corrected chi connectivity index (χ0v) is 13.6. The van der Waals surface area contributed by atoms with E-state index in [1.165, 1.54) is 10.4 Å². The molecule has 3 heterocycles. The molecular weight excluding hydrogens is 284 g/mol. The Morgan fingerprint density at radius 3 is 2.90 bits per heavy atom. The lowest BCUT2D eigenvalue weighted by atomic mass is 9.96. The maximum Gasteiger partial charge on any atom is 0.294 e. The SMILES string of the molecule is CC1c2ccsc2CCN1C(=O)c1n[nH]c(C(C)(C)C)n1. The molecule has 1 amide bonds. The molecule has 0 aliphatic carbocycles. The van der Waals surface area contributed by atoms with E-state index in [4.69, 9.17) is 0 Å². The Kier molecular flexibility index (Phi) is 3.36. The van der Waals surface area contributed by atoms with E-state index in [2.05, 4.69) is 33.6 Å². The lowest BCUT2D eigenvalue weighted by Crippen LogP contribution is -2.38. The fraction of sp³-hybridized carbons (Fsp3) is 0.533. The molecule has 2 aromatic heterocycles. The van der Waals surface area contributed by atoms with Crippen LogP contribution in [0.5, 0.6) is 0 Å². The predicted octanol–water partition coefficient (Wildman–Crippen LogP) is 2.92. The Hall–Kier alpha value is -1.69. The van der Waals surface area contributed by atoms with Crippen LogP contribution in [0.25, 0.3) is 0 Å². The number of H-pyrrole nitrogens is 1. The fourth-order valence-corrected chi connectivity index (χ4v) is 3.57. The number of hydrogen-bond acceptors (Lipinski definition) is 4. The van der Waals surface area contributed by atoms with Crippen molar-refractivity contribution in [2.45, 2.75) is 45.6 Å². The van der Waals surface area contributed by atoms with Crippen molar-refractivity contribution in [3.05, 3.63) is 33.5 Å². The van der Waals surface area contributed by atoms with Gasteiger partial charge in [-0.3, -0.25) is 9.89 Å². The molecule has 0 spiro atoms. The molecule has 2 aromatic rings. The molecule has 1 N–H and O–H groups in total. The Bertz CT molecular complexity index is 667. The fourth-order valence-electron chi connectivity index (χ4n) is 2.61. The van der Waals surface area contributed by atoms with Crippen molar-refractivity contribution < 1.29 is 4.79 Å². The van der Waals surface area contributed by atoms with E-state index >= 15 is 0 Å². The molecule has 0 saturated heterocycles. The zero-order chi connectivity index (χ0) is 15.2. The van der Waals surface area contributed by atoms with Gasteiger partial charge in [0.15, 0.2) is 0 Å². The number of aromatic amines is 1. The van der Waals surface area contributed by atoms with Crippen molar-refractivity contribution in [2.24, 2.45) is 0 Å². The quantitative estimate of drug-likeness (QED) is 0.881. The molecule has 0 saturated carbocycles. The van der Waals surface area contributed by atoms with Gasteiger partial charge in [-0.25, -0.2) is 4.98 Å². The first-order valence-corrected chi connectivity index (χ1v) is 8.06. The van der Waals surface area contributed by atoms with E-state index in [-0.39, 0.29) is 23.2 Å². The third-order valence-corrected chi connectivity index (χ3v) is 4.92. The summed E-state index contributed by atoms with van der Waals surface area (Å²) < 4.78 is 0. The van der Waals surface area contributed by atoms with Gasteiger partial charge in [0.05, 0.1) is 6.04 Å². The summed E-state index contributed by atoms with van der Waals surface area (Å²) in [6.45, 7) is 8.93. The standard InChI is InChI=1S/C15H20N4OS/c1-9-10-6-8-21-11(10)5-7-19(9)13(20)12-16-14(18-17-12)15(2,3)4/h6,8-9H,5,7H2,1-4H3,(H,16,17,18). The van der Waals surface area contributed by atoms with Gasteiger partial charge in [-0.15, -0.1) is 16.4 Å². The average Bonchev–Trinajstić information content (AvgIpc) is 3.07. The molecule has 0 fully saturated rings. The van der Waals surface area contributed by atoms with Crippen LogP contribution < -0.4 is 0 Å². The van der Waals surface area contributed by atoms with E-state index in [0.717, 1.165) is 18.8 Å². The van der Waals surface area contributed by atoms with Gasteiger partial charge >= 0.3 is 0 Å². The van der Waals surface area contributed by atoms with E-state index in [1.54, 1.807) is 11.3 Å². The van der Waals surface area contributed by atoms with Crippen LogP contribution in [0.3, 0.4) is 0 Å². The molecule has 0 radical (unpaired) electrons. The number of nitrogens with zero attached hydrogens (tertiary/aromatic N) is 3. The highest BCUT2D eigenvalue weighted by molar-refractivity contribution is 7.10. The Balaban J connectivity index is 1.85. The molecule has 0 aromatic carbocycles. The summed E-state index contributed by atoms with van der Waals surface area (Å²) in [4.78, 5) is 20.3. The summed E-state index contributed by atoms with van der Waals surface area (Å²) in [5, 5.41) is 9.10. The number of hydrogen-bond donors (Lipinski definition) is 1. The van der Waals surface area contributed by atoms with Crippen LogP contribution in [0, 0.1) is 0 Å². The number of thiophene rings is 1. The highest BCUT2D eigenvalue weighted by Gasteiger charge is 2.31. The van der Waals surface area contributed by atoms with Crippen LogP contribution in [0.4, 0.5) is 0 Å². The van der Waals surface area contributed by atoms with Crippen LogP contribution >= 0.6 is 11.3 Å². The van der Waals surface area contributed by atoms with E-state index in [9.17, 15) is 4.79 Å². The number of carbonyl (C=O) groups is 1. The molecule has 112 valence electrons. The molecule has 3 rings (SSSR count). The Labute approximate surface area is 128 Å². The summed E-state index contributed by atoms with van der Waals surface area (Å²) in [7, 11) is 0. The number of amides is 1. The number of fused-ring (bicyclic) bond motifs is 1. The van der Waals surface area contributed by atoms with Crippen molar-refractivity contribution >= 4 is 17.2 Å². The second-order valence-electron chi connectivity index (χ2n) is 6.48. The molecule has 1 atom stereocenters. The van der Waals surface area contributed by atoms with Crippen molar-refractivity contribution in [3.63, 3.8) is 0 Å². The topological polar surface area (TPSA) is 61.9 Å². The largest absolute Gasteiger partial charge is 0.329 e. The molecule has 5 nitrogen and oxygen atoms in total. The number of aromatic nitrogens is 3. The summed E-state index contributed by atoms with van der Waals surface area (Å²) in [6.07, 6.45) is 0.916. The number of rotatable bonds is 1. The Morgan fingerprint density at radius 2 is 2.24 bits per heavy atom. The van der Waals surface area contributed by atoms with Gasteiger partial charge in [0, 0.05) is 16.8 Å². The van der Waals surface area contributed by atoms with E-state index in [1.807, 2.05) is 25.7 Å². The predicted molar refractivity (Wildman–Crippen MR) is 82.6 cm³/mol. The molecule has 1 unspecified atom stereocenters. The average molecular weight is 304 g/mol. The van der Waals surface area contributed by atoms with Crippen molar-refractivity contribution in [3.8, 4) is 0 Å². The third-order valence-electron chi connectivity index (χ3n) is 3.93. The van der Waals surface area contributed by atoms with Crippen LogP contribution in [-0.2, 0) is 11.8 Å². The second-order valence-corrected chi connectivity index (χ2v) is 7.48. The van der Waals surface area contributed by atoms with Crippen molar-refractivity contribution in [1.82, 2.24) is 20.1 Å². The maximum atomic E-state index is 12.7. The first kappa shape index (κ1) is 14.3. The first-order valence-electron chi connectivity index (χ1n) is 7.18. The monoisotopic (exact) mass is 304 g/mol. The number of nitrogens with one attached hydrogen (secondary N) is 1. The minimum atomic E-state index is -0.139. The van der Waals surface area contributed by atoms with Crippen LogP contribution in [0.1, 0.15) is 60.6 Å². The zero-order valence-electron chi connectivity index (χ0n) is 12.8. The van der Waals surface area contributed by atoms with Crippen LogP contribution in [0.2, 0.25) is 0 Å². The number of carbonyl (C=O) groups excluding carboxylic acids is 1. The van der Waals surface area contributed by atoms with E-state index < -0.39 is 0 Å². The molecule has 6 heteroatoms. The van der Waals surface area contributed by atoms with Gasteiger partial charge in [0.2, 0.25) is 5.82 Å². The smallest absolute Gasteiger partial charge is 0.294 e. The molecule has 1 aliphatic heterocycles. The lowest BCUT2D eigenvalue weighted by molar-refractivity contribution is 0.0667. The minimum Gasteiger partial charge on any atom is -0.329 e. The molecule has 0 bridgehead atoms. The van der Waals surface area contributed by atoms with Crippen molar-refractivity contribution in [1.29, 1.82) is 0 Å². The van der Waals surface area contributed by atoms with Gasteiger partial charge in [-0.2, -0.15) is 0 Å². The van der Waals surface area contributed by atoms with Crippen LogP contribution in [0.15, 0.2) is 11.4 Å². The minimum absolute atomic E-state index is 0.0871. The van der Waals surface area contributed by atoms with Gasteiger partial charge in [-0.1, -0.05) is 20.8 Å². The van der Waals surface area contributed by atoms with Gasteiger partial charge in [0.25, 0.3) is 5.91 Å². The lowest BCUT2D eigenvalue weighted by Gasteiger charge is -2.32. The Morgan fingerprint density at radius 1 is 1.48 bits per heavy atom. The van der Waals surface area contributed by atoms with E-state index in [0.29, 0.717) is 0 Å². The molecule has 1 aliphatic rings. The summed E-state index contributed by atoms with van der Waals surface area (Å²) in [6, 6.07) is 2.20. The highest BCUT2D eigenvalue weighted by atomic mass is 32.1. The maximum absolute atomic E-state index is 12.7. The second kappa shape index (κ2) is 4.94. The van der Waals surface area contributed by atoms with Gasteiger partial charge in [-0.05, 0) is 30.4 Å².